The van der Waals surface area contributed by atoms with Crippen molar-refractivity contribution in [3.05, 3.63) is 84.4 Å². The Hall–Kier alpha value is -3.69. The van der Waals surface area contributed by atoms with E-state index in [0.717, 1.165) is 22.7 Å². The Labute approximate surface area is 205 Å². The van der Waals surface area contributed by atoms with E-state index in [-0.39, 0.29) is 6.04 Å². The number of carbonyl (C=O) groups is 1. The number of alkyl carbamates (subject to hydrolysis) is 1. The van der Waals surface area contributed by atoms with E-state index in [1.807, 2.05) is 54.6 Å². The zero-order valence-electron chi connectivity index (χ0n) is 19.7. The highest BCUT2D eigenvalue weighted by Gasteiger charge is 2.37. The van der Waals surface area contributed by atoms with Gasteiger partial charge in [-0.1, -0.05) is 18.2 Å². The number of β-amino-alcohol motifs (C(OH)–C–C–N with tert-alkyl or cyclic N) is 1. The minimum atomic E-state index is -0.764. The predicted octanol–water partition coefficient (Wildman–Crippen LogP) is 2.16. The quantitative estimate of drug-likeness (QED) is 0.408. The molecule has 1 amide bonds. The lowest BCUT2D eigenvalue weighted by Gasteiger charge is -2.25. The van der Waals surface area contributed by atoms with Crippen molar-refractivity contribution in [3.8, 4) is 5.75 Å². The van der Waals surface area contributed by atoms with Crippen molar-refractivity contribution in [1.29, 1.82) is 0 Å². The van der Waals surface area contributed by atoms with Gasteiger partial charge in [-0.3, -0.25) is 9.97 Å². The van der Waals surface area contributed by atoms with Crippen LogP contribution >= 0.6 is 0 Å². The van der Waals surface area contributed by atoms with Crippen molar-refractivity contribution in [2.45, 2.75) is 31.2 Å². The largest absolute Gasteiger partial charge is 0.497 e. The molecule has 1 fully saturated rings. The van der Waals surface area contributed by atoms with Crippen molar-refractivity contribution in [2.75, 3.05) is 31.6 Å². The monoisotopic (exact) mass is 477 g/mol. The Kier molecular flexibility index (Phi) is 8.48. The van der Waals surface area contributed by atoms with Crippen LogP contribution in [0.2, 0.25) is 0 Å². The molecule has 0 bridgehead atoms. The maximum Gasteiger partial charge on any atom is 0.407 e. The van der Waals surface area contributed by atoms with E-state index in [9.17, 15) is 9.90 Å². The molecule has 0 saturated carbocycles. The summed E-state index contributed by atoms with van der Waals surface area (Å²) in [5, 5.41) is 16.5. The molecule has 1 saturated heterocycles. The molecule has 9 heteroatoms. The highest BCUT2D eigenvalue weighted by molar-refractivity contribution is 5.67. The third-order valence-electron chi connectivity index (χ3n) is 5.96. The minimum Gasteiger partial charge on any atom is -0.497 e. The number of benzene rings is 1. The van der Waals surface area contributed by atoms with Crippen LogP contribution in [0, 0.1) is 0 Å². The fourth-order valence-electron chi connectivity index (χ4n) is 4.12. The van der Waals surface area contributed by atoms with Gasteiger partial charge in [0.1, 0.15) is 18.0 Å². The van der Waals surface area contributed by atoms with Crippen LogP contribution in [-0.2, 0) is 17.7 Å². The molecule has 0 aliphatic carbocycles. The van der Waals surface area contributed by atoms with E-state index < -0.39 is 18.3 Å². The molecule has 0 spiro atoms. The smallest absolute Gasteiger partial charge is 0.407 e. The molecule has 1 aromatic carbocycles. The first kappa shape index (κ1) is 24.4. The van der Waals surface area contributed by atoms with Gasteiger partial charge in [-0.15, -0.1) is 0 Å². The number of nitrogens with zero attached hydrogens (tertiary/aromatic N) is 3. The molecule has 3 heterocycles. The lowest BCUT2D eigenvalue weighted by Crippen LogP contribution is -2.43. The fraction of sp³-hybridized carbons (Fsp3) is 0.346. The van der Waals surface area contributed by atoms with Gasteiger partial charge in [-0.2, -0.15) is 0 Å². The molecule has 1 aliphatic rings. The van der Waals surface area contributed by atoms with Gasteiger partial charge in [0.15, 0.2) is 0 Å². The predicted molar refractivity (Wildman–Crippen MR) is 132 cm³/mol. The second-order valence-electron chi connectivity index (χ2n) is 8.38. The Bertz CT molecular complexity index is 1050. The van der Waals surface area contributed by atoms with Crippen LogP contribution in [-0.4, -0.2) is 66.2 Å². The Morgan fingerprint density at radius 1 is 1.17 bits per heavy atom. The summed E-state index contributed by atoms with van der Waals surface area (Å²) in [7, 11) is 1.63. The van der Waals surface area contributed by atoms with Crippen molar-refractivity contribution in [3.63, 3.8) is 0 Å². The number of anilines is 1. The standard InChI is InChI=1S/C26H31N5O4/c1-34-22-9-7-19(8-10-22)15-23-25(24(32)17-30-23)35-26(33)29-13-14-31(21-6-4-11-27-16-21)18-20-5-2-3-12-28-20/h2-12,16,23-25,30,32H,13-15,17-18H2,1H3,(H,29,33)/t23-,24+,25+/m1/s1. The highest BCUT2D eigenvalue weighted by atomic mass is 16.6. The van der Waals surface area contributed by atoms with Crippen LogP contribution in [0.1, 0.15) is 11.3 Å². The molecule has 2 aromatic heterocycles. The highest BCUT2D eigenvalue weighted by Crippen LogP contribution is 2.19. The molecular weight excluding hydrogens is 446 g/mol. The van der Waals surface area contributed by atoms with Crippen LogP contribution in [0.25, 0.3) is 0 Å². The number of hydrogen-bond donors (Lipinski definition) is 3. The van der Waals surface area contributed by atoms with Crippen LogP contribution < -0.4 is 20.3 Å². The van der Waals surface area contributed by atoms with Crippen LogP contribution in [0.5, 0.6) is 5.75 Å². The van der Waals surface area contributed by atoms with E-state index in [0.29, 0.717) is 32.6 Å². The minimum absolute atomic E-state index is 0.180. The summed E-state index contributed by atoms with van der Waals surface area (Å²) in [5.74, 6) is 0.781. The average molecular weight is 478 g/mol. The molecule has 35 heavy (non-hydrogen) atoms. The normalized spacial score (nSPS) is 19.2. The molecule has 0 unspecified atom stereocenters. The van der Waals surface area contributed by atoms with E-state index in [2.05, 4.69) is 25.5 Å². The van der Waals surface area contributed by atoms with Crippen molar-refractivity contribution in [2.24, 2.45) is 0 Å². The molecule has 3 atom stereocenters. The first-order valence-electron chi connectivity index (χ1n) is 11.7. The molecular formula is C26H31N5O4. The zero-order valence-corrected chi connectivity index (χ0v) is 19.7. The summed E-state index contributed by atoms with van der Waals surface area (Å²) in [4.78, 5) is 23.3. The first-order valence-corrected chi connectivity index (χ1v) is 11.7. The topological polar surface area (TPSA) is 109 Å². The number of rotatable bonds is 10. The second kappa shape index (κ2) is 12.1. The molecule has 3 N–H and O–H groups in total. The summed E-state index contributed by atoms with van der Waals surface area (Å²) >= 11 is 0. The maximum absolute atomic E-state index is 12.6. The number of hydrogen-bond acceptors (Lipinski definition) is 8. The third kappa shape index (κ3) is 6.91. The molecule has 4 rings (SSSR count). The average Bonchev–Trinajstić information content (AvgIpc) is 3.23. The SMILES string of the molecule is COc1ccc(C[C@H]2NC[C@H](O)[C@H]2OC(=O)NCCN(Cc2ccccn2)c2cccnc2)cc1. The van der Waals surface area contributed by atoms with Crippen LogP contribution in [0.4, 0.5) is 10.5 Å². The van der Waals surface area contributed by atoms with Gasteiger partial charge >= 0.3 is 6.09 Å². The fourth-order valence-corrected chi connectivity index (χ4v) is 4.12. The second-order valence-corrected chi connectivity index (χ2v) is 8.38. The Balaban J connectivity index is 1.30. The van der Waals surface area contributed by atoms with Gasteiger partial charge in [0.25, 0.3) is 0 Å². The molecule has 3 aromatic rings. The molecule has 0 radical (unpaired) electrons. The van der Waals surface area contributed by atoms with Gasteiger partial charge in [0, 0.05) is 32.0 Å². The first-order chi connectivity index (χ1) is 17.1. The van der Waals surface area contributed by atoms with Crippen molar-refractivity contribution >= 4 is 11.8 Å². The van der Waals surface area contributed by atoms with Gasteiger partial charge in [0.05, 0.1) is 37.3 Å². The van der Waals surface area contributed by atoms with E-state index in [4.69, 9.17) is 9.47 Å². The van der Waals surface area contributed by atoms with Crippen LogP contribution in [0.3, 0.4) is 0 Å². The van der Waals surface area contributed by atoms with E-state index in [1.54, 1.807) is 25.7 Å². The van der Waals surface area contributed by atoms with Crippen molar-refractivity contribution in [1.82, 2.24) is 20.6 Å². The number of ether oxygens (including phenoxy) is 2. The van der Waals surface area contributed by atoms with Gasteiger partial charge in [-0.05, 0) is 48.4 Å². The number of methoxy groups -OCH3 is 1. The maximum atomic E-state index is 12.6. The number of aliphatic hydroxyl groups excluding tert-OH is 1. The lowest BCUT2D eigenvalue weighted by atomic mass is 10.0. The number of amides is 1. The van der Waals surface area contributed by atoms with Crippen molar-refractivity contribution < 1.29 is 19.4 Å². The number of pyridine rings is 2. The van der Waals surface area contributed by atoms with E-state index in [1.165, 1.54) is 0 Å². The number of aliphatic hydroxyl groups is 1. The Morgan fingerprint density at radius 3 is 2.74 bits per heavy atom. The summed E-state index contributed by atoms with van der Waals surface area (Å²) in [6.07, 6.45) is 3.93. The number of nitrogens with one attached hydrogen (secondary N) is 2. The summed E-state index contributed by atoms with van der Waals surface area (Å²) < 4.78 is 10.8. The number of aromatic nitrogens is 2. The third-order valence-corrected chi connectivity index (χ3v) is 5.96. The zero-order chi connectivity index (χ0) is 24.5. The summed E-state index contributed by atoms with van der Waals surface area (Å²) in [6.45, 7) is 1.86. The molecule has 184 valence electrons. The van der Waals surface area contributed by atoms with Gasteiger partial charge in [0.2, 0.25) is 0 Å². The van der Waals surface area contributed by atoms with Gasteiger partial charge < -0.3 is 30.1 Å². The number of carbonyl (C=O) groups excluding carboxylic acids is 1. The molecule has 1 aliphatic heterocycles. The summed E-state index contributed by atoms with van der Waals surface area (Å²) in [5.41, 5.74) is 2.91. The van der Waals surface area contributed by atoms with Gasteiger partial charge in [-0.25, -0.2) is 4.79 Å². The Morgan fingerprint density at radius 2 is 2.03 bits per heavy atom. The molecule has 9 nitrogen and oxygen atoms in total. The van der Waals surface area contributed by atoms with E-state index >= 15 is 0 Å². The summed E-state index contributed by atoms with van der Waals surface area (Å²) in [6, 6.07) is 17.2. The van der Waals surface area contributed by atoms with Crippen LogP contribution in [0.15, 0.2) is 73.2 Å². The lowest BCUT2D eigenvalue weighted by molar-refractivity contribution is 0.0191.